The van der Waals surface area contributed by atoms with Crippen molar-refractivity contribution >= 4 is 11.9 Å². The van der Waals surface area contributed by atoms with Crippen molar-refractivity contribution in [1.29, 1.82) is 0 Å². The molecule has 1 heterocycles. The number of carboxylic acids is 1. The molecule has 2 aliphatic rings. The van der Waals surface area contributed by atoms with Crippen LogP contribution in [0.2, 0.25) is 0 Å². The van der Waals surface area contributed by atoms with Gasteiger partial charge in [-0.15, -0.1) is 0 Å². The molecule has 3 aromatic carbocycles. The van der Waals surface area contributed by atoms with Gasteiger partial charge in [-0.2, -0.15) is 0 Å². The van der Waals surface area contributed by atoms with Crippen LogP contribution in [0.1, 0.15) is 60.9 Å². The molecule has 0 unspecified atom stereocenters. The maximum absolute atomic E-state index is 12.4. The van der Waals surface area contributed by atoms with Gasteiger partial charge in [-0.05, 0) is 87.9 Å². The van der Waals surface area contributed by atoms with Gasteiger partial charge in [0.15, 0.2) is 6.61 Å². The van der Waals surface area contributed by atoms with Crippen molar-refractivity contribution in [1.82, 2.24) is 10.2 Å². The third-order valence-corrected chi connectivity index (χ3v) is 7.82. The summed E-state index contributed by atoms with van der Waals surface area (Å²) in [5, 5.41) is 11.6. The highest BCUT2D eigenvalue weighted by molar-refractivity contribution is 5.87. The van der Waals surface area contributed by atoms with Crippen LogP contribution >= 0.6 is 0 Å². The van der Waals surface area contributed by atoms with Crippen LogP contribution in [0.3, 0.4) is 0 Å². The van der Waals surface area contributed by atoms with Crippen LogP contribution in [0.25, 0.3) is 0 Å². The third kappa shape index (κ3) is 8.69. The van der Waals surface area contributed by atoms with Gasteiger partial charge in [-0.3, -0.25) is 9.69 Å². The van der Waals surface area contributed by atoms with Gasteiger partial charge in [0.2, 0.25) is 0 Å². The van der Waals surface area contributed by atoms with E-state index >= 15 is 0 Å². The molecule has 1 aliphatic carbocycles. The Morgan fingerprint density at radius 2 is 1.38 bits per heavy atom. The highest BCUT2D eigenvalue weighted by atomic mass is 16.5. The highest BCUT2D eigenvalue weighted by Gasteiger charge is 2.40. The number of aromatic carboxylic acids is 1. The van der Waals surface area contributed by atoms with Crippen LogP contribution in [-0.2, 0) is 11.2 Å². The van der Waals surface area contributed by atoms with Gasteiger partial charge in [0.05, 0.1) is 5.56 Å². The number of nitrogens with one attached hydrogen (secondary N) is 1. The third-order valence-electron chi connectivity index (χ3n) is 7.82. The molecule has 2 N–H and O–H groups in total. The Balaban J connectivity index is 0.000000333. The number of benzene rings is 3. The van der Waals surface area contributed by atoms with Crippen molar-refractivity contribution in [3.8, 4) is 5.75 Å². The van der Waals surface area contributed by atoms with Crippen molar-refractivity contribution in [2.24, 2.45) is 0 Å². The predicted molar refractivity (Wildman–Crippen MR) is 154 cm³/mol. The molecule has 0 aromatic heterocycles. The molecular formula is C33H40N2O4. The summed E-state index contributed by atoms with van der Waals surface area (Å²) in [5.74, 6) is -0.156. The minimum Gasteiger partial charge on any atom is -0.484 e. The van der Waals surface area contributed by atoms with Gasteiger partial charge in [0.1, 0.15) is 5.75 Å². The molecule has 5 rings (SSSR count). The fraction of sp³-hybridized carbons (Fsp3) is 0.394. The Hall–Kier alpha value is -3.64. The molecule has 39 heavy (non-hydrogen) atoms. The molecule has 3 aromatic rings. The van der Waals surface area contributed by atoms with E-state index in [1.807, 2.05) is 30.3 Å². The van der Waals surface area contributed by atoms with E-state index in [-0.39, 0.29) is 24.1 Å². The molecule has 1 amide bonds. The van der Waals surface area contributed by atoms with Gasteiger partial charge < -0.3 is 15.2 Å². The van der Waals surface area contributed by atoms with Crippen molar-refractivity contribution < 1.29 is 19.4 Å². The van der Waals surface area contributed by atoms with Crippen LogP contribution in [0.5, 0.6) is 5.75 Å². The number of amides is 1. The molecule has 0 atom stereocenters. The van der Waals surface area contributed by atoms with E-state index < -0.39 is 5.97 Å². The average Bonchev–Trinajstić information content (AvgIpc) is 2.99. The summed E-state index contributed by atoms with van der Waals surface area (Å²) in [7, 11) is 0. The van der Waals surface area contributed by atoms with E-state index in [4.69, 9.17) is 9.84 Å². The lowest BCUT2D eigenvalue weighted by atomic mass is 9.73. The molecular weight excluding hydrogens is 488 g/mol. The molecule has 0 spiro atoms. The number of carbonyl (C=O) groups is 2. The Morgan fingerprint density at radius 3 is 1.95 bits per heavy atom. The first-order valence-corrected chi connectivity index (χ1v) is 14.1. The van der Waals surface area contributed by atoms with Crippen molar-refractivity contribution in [3.63, 3.8) is 0 Å². The SMILES string of the molecule is O=C(COc1ccccc1)NC1CCC(Cc2ccccc2)(N2CCCCC2)CC1.O=C(O)c1ccccc1. The lowest BCUT2D eigenvalue weighted by Gasteiger charge is -2.50. The number of carbonyl (C=O) groups excluding carboxylic acids is 1. The normalized spacial score (nSPS) is 21.2. The molecule has 206 valence electrons. The van der Waals surface area contributed by atoms with E-state index in [1.165, 1.54) is 37.9 Å². The molecule has 1 aliphatic heterocycles. The van der Waals surface area contributed by atoms with E-state index in [0.717, 1.165) is 37.9 Å². The largest absolute Gasteiger partial charge is 0.484 e. The number of ether oxygens (including phenoxy) is 1. The van der Waals surface area contributed by atoms with Gasteiger partial charge in [0.25, 0.3) is 5.91 Å². The number of piperidine rings is 1. The summed E-state index contributed by atoms with van der Waals surface area (Å²) in [6.07, 6.45) is 9.48. The lowest BCUT2D eigenvalue weighted by Crippen LogP contribution is -2.56. The molecule has 6 nitrogen and oxygen atoms in total. The van der Waals surface area contributed by atoms with Crippen molar-refractivity contribution in [3.05, 3.63) is 102 Å². The van der Waals surface area contributed by atoms with Crippen molar-refractivity contribution in [2.45, 2.75) is 62.9 Å². The Bertz CT molecular complexity index is 1140. The fourth-order valence-electron chi connectivity index (χ4n) is 5.76. The quantitative estimate of drug-likeness (QED) is 0.376. The second kappa shape index (κ2) is 14.5. The minimum atomic E-state index is -0.879. The summed E-state index contributed by atoms with van der Waals surface area (Å²) in [6, 6.07) is 29.0. The number of carboxylic acid groups (broad SMARTS) is 1. The van der Waals surface area contributed by atoms with Gasteiger partial charge in [-0.1, -0.05) is 73.2 Å². The van der Waals surface area contributed by atoms with Crippen LogP contribution in [0.4, 0.5) is 0 Å². The van der Waals surface area contributed by atoms with E-state index in [1.54, 1.807) is 30.3 Å². The first-order valence-electron chi connectivity index (χ1n) is 14.1. The maximum Gasteiger partial charge on any atom is 0.335 e. The number of hydrogen-bond donors (Lipinski definition) is 2. The molecule has 2 fully saturated rings. The first-order chi connectivity index (χ1) is 19.0. The zero-order valence-corrected chi connectivity index (χ0v) is 22.6. The average molecular weight is 529 g/mol. The second-order valence-corrected chi connectivity index (χ2v) is 10.5. The Labute approximate surface area is 232 Å². The van der Waals surface area contributed by atoms with Crippen LogP contribution < -0.4 is 10.1 Å². The smallest absolute Gasteiger partial charge is 0.335 e. The summed E-state index contributed by atoms with van der Waals surface area (Å²) >= 11 is 0. The highest BCUT2D eigenvalue weighted by Crippen LogP contribution is 2.38. The van der Waals surface area contributed by atoms with Gasteiger partial charge >= 0.3 is 5.97 Å². The number of rotatable bonds is 8. The molecule has 0 radical (unpaired) electrons. The van der Waals surface area contributed by atoms with E-state index in [2.05, 4.69) is 40.5 Å². The molecule has 0 bridgehead atoms. The topological polar surface area (TPSA) is 78.9 Å². The second-order valence-electron chi connectivity index (χ2n) is 10.5. The van der Waals surface area contributed by atoms with Crippen LogP contribution in [-0.4, -0.2) is 53.2 Å². The molecule has 1 saturated heterocycles. The van der Waals surface area contributed by atoms with Crippen molar-refractivity contribution in [2.75, 3.05) is 19.7 Å². The fourth-order valence-corrected chi connectivity index (χ4v) is 5.76. The zero-order valence-electron chi connectivity index (χ0n) is 22.6. The summed E-state index contributed by atoms with van der Waals surface area (Å²) in [5.41, 5.74) is 2.00. The Morgan fingerprint density at radius 1 is 0.821 bits per heavy atom. The monoisotopic (exact) mass is 528 g/mol. The summed E-state index contributed by atoms with van der Waals surface area (Å²) in [4.78, 5) is 25.4. The first kappa shape index (κ1) is 28.4. The summed E-state index contributed by atoms with van der Waals surface area (Å²) < 4.78 is 5.60. The lowest BCUT2D eigenvalue weighted by molar-refractivity contribution is -0.124. The minimum absolute atomic E-state index is 0.0163. The molecule has 1 saturated carbocycles. The van der Waals surface area contributed by atoms with E-state index in [9.17, 15) is 9.59 Å². The van der Waals surface area contributed by atoms with Crippen LogP contribution in [0, 0.1) is 0 Å². The van der Waals surface area contributed by atoms with Crippen LogP contribution in [0.15, 0.2) is 91.0 Å². The predicted octanol–water partition coefficient (Wildman–Crippen LogP) is 5.98. The standard InChI is InChI=1S/C26H34N2O2.C7H6O2/c29-25(21-30-24-12-6-2-7-13-24)27-23-14-16-26(17-15-23,28-18-8-3-9-19-28)20-22-10-4-1-5-11-22;8-7(9)6-4-2-1-3-5-6/h1-2,4-7,10-13,23H,3,8-9,14-21H2,(H,27,29);1-5H,(H,8,9). The zero-order chi connectivity index (χ0) is 27.3. The number of likely N-dealkylation sites (tertiary alicyclic amines) is 1. The maximum atomic E-state index is 12.4. The van der Waals surface area contributed by atoms with Gasteiger partial charge in [0, 0.05) is 11.6 Å². The molecule has 6 heteroatoms. The number of nitrogens with zero attached hydrogens (tertiary/aromatic N) is 1. The number of hydrogen-bond acceptors (Lipinski definition) is 4. The van der Waals surface area contributed by atoms with E-state index in [0.29, 0.717) is 5.56 Å². The van der Waals surface area contributed by atoms with Gasteiger partial charge in [-0.25, -0.2) is 4.79 Å². The number of para-hydroxylation sites is 1. The summed E-state index contributed by atoms with van der Waals surface area (Å²) in [6.45, 7) is 2.52. The Kier molecular flexibility index (Phi) is 10.5.